The lowest BCUT2D eigenvalue weighted by atomic mass is 9.94. The maximum absolute atomic E-state index is 14.4. The Bertz CT molecular complexity index is 1720. The lowest BCUT2D eigenvalue weighted by molar-refractivity contribution is -0.140. The summed E-state index contributed by atoms with van der Waals surface area (Å²) in [5, 5.41) is 3.24. The number of nitrogens with zero attached hydrogens (tertiary/aromatic N) is 2. The minimum absolute atomic E-state index is 0.0501. The van der Waals surface area contributed by atoms with Crippen LogP contribution in [0.4, 0.5) is 5.69 Å². The second kappa shape index (κ2) is 15.8. The Kier molecular flexibility index (Phi) is 11.3. The van der Waals surface area contributed by atoms with Gasteiger partial charge in [-0.3, -0.25) is 13.9 Å². The van der Waals surface area contributed by atoms with Gasteiger partial charge in [0.05, 0.1) is 11.9 Å². The summed E-state index contributed by atoms with van der Waals surface area (Å²) in [6.07, 6.45) is 6.44. The third-order valence-corrected chi connectivity index (χ3v) is 9.75. The summed E-state index contributed by atoms with van der Waals surface area (Å²) in [6.45, 7) is 1.66. The fourth-order valence-corrected chi connectivity index (χ4v) is 6.84. The van der Waals surface area contributed by atoms with Crippen LogP contribution in [0.15, 0.2) is 109 Å². The first-order valence-electron chi connectivity index (χ1n) is 16.2. The zero-order valence-electron chi connectivity index (χ0n) is 27.0. The van der Waals surface area contributed by atoms with Crippen LogP contribution < -0.4 is 14.4 Å². The van der Waals surface area contributed by atoms with Gasteiger partial charge in [0.25, 0.3) is 0 Å². The molecule has 0 aromatic heterocycles. The Balaban J connectivity index is 1.46. The molecule has 1 aliphatic rings. The van der Waals surface area contributed by atoms with Crippen LogP contribution in [0.3, 0.4) is 0 Å². The van der Waals surface area contributed by atoms with E-state index in [2.05, 4.69) is 5.32 Å². The highest BCUT2D eigenvalue weighted by Gasteiger charge is 2.34. The number of hydrogen-bond acceptors (Lipinski definition) is 5. The van der Waals surface area contributed by atoms with Crippen molar-refractivity contribution >= 4 is 27.5 Å². The lowest BCUT2D eigenvalue weighted by Gasteiger charge is -2.35. The van der Waals surface area contributed by atoms with Gasteiger partial charge >= 0.3 is 0 Å². The highest BCUT2D eigenvalue weighted by atomic mass is 32.2. The van der Waals surface area contributed by atoms with Crippen LogP contribution in [-0.2, 0) is 32.6 Å². The molecule has 246 valence electrons. The van der Waals surface area contributed by atoms with Gasteiger partial charge in [0.1, 0.15) is 24.1 Å². The summed E-state index contributed by atoms with van der Waals surface area (Å²) >= 11 is 0. The van der Waals surface area contributed by atoms with Crippen molar-refractivity contribution < 1.29 is 22.7 Å². The molecule has 8 nitrogen and oxygen atoms in total. The van der Waals surface area contributed by atoms with Crippen molar-refractivity contribution in [1.82, 2.24) is 10.2 Å². The minimum Gasteiger partial charge on any atom is -0.457 e. The van der Waals surface area contributed by atoms with E-state index < -0.39 is 28.5 Å². The first-order chi connectivity index (χ1) is 22.7. The molecule has 5 rings (SSSR count). The quantitative estimate of drug-likeness (QED) is 0.175. The predicted octanol–water partition coefficient (Wildman–Crippen LogP) is 6.64. The minimum atomic E-state index is -3.88. The number of rotatable bonds is 13. The highest BCUT2D eigenvalue weighted by molar-refractivity contribution is 7.92. The fourth-order valence-electron chi connectivity index (χ4n) is 5.99. The SMILES string of the molecule is Cc1ccccc1CN(C(=O)CN(c1ccc(Oc2ccccc2)cc1)S(C)(=O)=O)C(Cc1ccccc1)C(=O)NC1CCCCC1. The van der Waals surface area contributed by atoms with E-state index in [-0.39, 0.29) is 18.5 Å². The molecule has 4 aromatic carbocycles. The number of amides is 2. The summed E-state index contributed by atoms with van der Waals surface area (Å²) in [7, 11) is -3.88. The average Bonchev–Trinajstić information content (AvgIpc) is 3.07. The Labute approximate surface area is 278 Å². The number of carbonyl (C=O) groups is 2. The van der Waals surface area contributed by atoms with Gasteiger partial charge in [-0.1, -0.05) is 92.1 Å². The molecule has 2 amide bonds. The van der Waals surface area contributed by atoms with Gasteiger partial charge in [-0.2, -0.15) is 0 Å². The summed E-state index contributed by atoms with van der Waals surface area (Å²) in [5.74, 6) is 0.487. The predicted molar refractivity (Wildman–Crippen MR) is 186 cm³/mol. The Morgan fingerprint density at radius 3 is 2.04 bits per heavy atom. The van der Waals surface area contributed by atoms with E-state index in [9.17, 15) is 18.0 Å². The first kappa shape index (κ1) is 33.7. The van der Waals surface area contributed by atoms with Crippen LogP contribution in [0.25, 0.3) is 0 Å². The van der Waals surface area contributed by atoms with Crippen LogP contribution >= 0.6 is 0 Å². The molecule has 0 aliphatic heterocycles. The number of carbonyl (C=O) groups excluding carboxylic acids is 2. The molecular weight excluding hydrogens is 611 g/mol. The number of nitrogens with one attached hydrogen (secondary N) is 1. The van der Waals surface area contributed by atoms with Crippen molar-refractivity contribution in [2.24, 2.45) is 0 Å². The average molecular weight is 654 g/mol. The number of sulfonamides is 1. The van der Waals surface area contributed by atoms with Crippen molar-refractivity contribution in [3.63, 3.8) is 0 Å². The van der Waals surface area contributed by atoms with Crippen molar-refractivity contribution in [3.05, 3.63) is 126 Å². The van der Waals surface area contributed by atoms with Gasteiger partial charge in [-0.25, -0.2) is 8.42 Å². The number of para-hydroxylation sites is 1. The standard InChI is InChI=1S/C38H43N3O5S/c1-29-14-12-13-17-31(29)27-40(36(26-30-15-6-3-7-16-30)38(43)39-32-18-8-4-9-19-32)37(42)28-41(47(2,44)45)33-22-24-35(25-23-33)46-34-20-10-5-11-21-34/h3,5-7,10-17,20-25,32,36H,4,8-9,18-19,26-28H2,1-2H3,(H,39,43). The molecule has 0 radical (unpaired) electrons. The summed E-state index contributed by atoms with van der Waals surface area (Å²) < 4.78 is 33.3. The molecule has 1 saturated carbocycles. The molecule has 9 heteroatoms. The Morgan fingerprint density at radius 2 is 1.40 bits per heavy atom. The molecule has 4 aromatic rings. The molecule has 1 aliphatic carbocycles. The molecule has 0 spiro atoms. The van der Waals surface area contributed by atoms with E-state index in [1.807, 2.05) is 91.9 Å². The summed E-state index contributed by atoms with van der Waals surface area (Å²) in [4.78, 5) is 30.1. The molecule has 1 fully saturated rings. The van der Waals surface area contributed by atoms with Crippen molar-refractivity contribution in [2.75, 3.05) is 17.1 Å². The maximum Gasteiger partial charge on any atom is 0.244 e. The number of benzene rings is 4. The summed E-state index contributed by atoms with van der Waals surface area (Å²) in [5.41, 5.74) is 3.10. The third kappa shape index (κ3) is 9.45. The molecule has 0 heterocycles. The normalized spacial score (nSPS) is 14.2. The molecule has 0 saturated heterocycles. The van der Waals surface area contributed by atoms with Gasteiger partial charge in [-0.05, 0) is 72.9 Å². The van der Waals surface area contributed by atoms with Gasteiger partial charge in [0.15, 0.2) is 0 Å². The molecule has 1 unspecified atom stereocenters. The molecule has 47 heavy (non-hydrogen) atoms. The number of hydrogen-bond donors (Lipinski definition) is 1. The highest BCUT2D eigenvalue weighted by Crippen LogP contribution is 2.27. The number of ether oxygens (including phenoxy) is 1. The Morgan fingerprint density at radius 1 is 0.809 bits per heavy atom. The smallest absolute Gasteiger partial charge is 0.244 e. The van der Waals surface area contributed by atoms with E-state index in [0.29, 0.717) is 23.6 Å². The topological polar surface area (TPSA) is 96.0 Å². The van der Waals surface area contributed by atoms with E-state index in [1.165, 1.54) is 0 Å². The van der Waals surface area contributed by atoms with E-state index in [4.69, 9.17) is 4.74 Å². The van der Waals surface area contributed by atoms with Crippen LogP contribution in [0.1, 0.15) is 48.8 Å². The van der Waals surface area contributed by atoms with Crippen molar-refractivity contribution in [1.29, 1.82) is 0 Å². The van der Waals surface area contributed by atoms with Crippen LogP contribution in [0, 0.1) is 6.92 Å². The van der Waals surface area contributed by atoms with E-state index in [0.717, 1.165) is 59.4 Å². The van der Waals surface area contributed by atoms with Crippen molar-refractivity contribution in [2.45, 2.75) is 64.1 Å². The second-order valence-electron chi connectivity index (χ2n) is 12.2. The molecule has 1 N–H and O–H groups in total. The van der Waals surface area contributed by atoms with E-state index in [1.54, 1.807) is 29.2 Å². The monoisotopic (exact) mass is 653 g/mol. The lowest BCUT2D eigenvalue weighted by Crippen LogP contribution is -2.55. The van der Waals surface area contributed by atoms with Crippen LogP contribution in [0.5, 0.6) is 11.5 Å². The van der Waals surface area contributed by atoms with Gasteiger partial charge in [-0.15, -0.1) is 0 Å². The fraction of sp³-hybridized carbons (Fsp3) is 0.316. The summed E-state index contributed by atoms with van der Waals surface area (Å²) in [6, 6.07) is 32.4. The first-order valence-corrected chi connectivity index (χ1v) is 18.0. The van der Waals surface area contributed by atoms with E-state index >= 15 is 0 Å². The van der Waals surface area contributed by atoms with Crippen LogP contribution in [-0.4, -0.2) is 50.0 Å². The number of anilines is 1. The zero-order chi connectivity index (χ0) is 33.2. The zero-order valence-corrected chi connectivity index (χ0v) is 27.9. The maximum atomic E-state index is 14.4. The van der Waals surface area contributed by atoms with Gasteiger partial charge < -0.3 is 15.0 Å². The van der Waals surface area contributed by atoms with Gasteiger partial charge in [0.2, 0.25) is 21.8 Å². The molecule has 1 atom stereocenters. The number of aryl methyl sites for hydroxylation is 1. The Hall–Kier alpha value is -4.63. The third-order valence-electron chi connectivity index (χ3n) is 8.61. The van der Waals surface area contributed by atoms with Gasteiger partial charge in [0, 0.05) is 19.0 Å². The second-order valence-corrected chi connectivity index (χ2v) is 14.1. The van der Waals surface area contributed by atoms with Crippen LogP contribution in [0.2, 0.25) is 0 Å². The molecule has 0 bridgehead atoms. The largest absolute Gasteiger partial charge is 0.457 e. The van der Waals surface area contributed by atoms with Crippen molar-refractivity contribution in [3.8, 4) is 11.5 Å². The molecular formula is C38H43N3O5S.